The van der Waals surface area contributed by atoms with Crippen molar-refractivity contribution >= 4 is 80.2 Å². The highest BCUT2D eigenvalue weighted by atomic mass is 35.5. The maximum absolute atomic E-state index is 13.1. The van der Waals surface area contributed by atoms with Gasteiger partial charge in [0.2, 0.25) is 0 Å². The average molecular weight is 476 g/mol. The molecule has 2 aromatic heterocycles. The predicted molar refractivity (Wildman–Crippen MR) is 122 cm³/mol. The first-order valence-corrected chi connectivity index (χ1v) is 10.9. The minimum atomic E-state index is -0.630. The Hall–Kier alpha value is -2.92. The van der Waals surface area contributed by atoms with Crippen molar-refractivity contribution in [2.24, 2.45) is 0 Å². The Bertz CT molecular complexity index is 1230. The fourth-order valence-electron chi connectivity index (χ4n) is 2.92. The van der Waals surface area contributed by atoms with Crippen LogP contribution in [0.5, 0.6) is 0 Å². The Balaban J connectivity index is 1.76. The molecule has 3 aromatic rings. The largest absolute Gasteiger partial charge is 0.331 e. The van der Waals surface area contributed by atoms with Crippen molar-refractivity contribution in [2.45, 2.75) is 0 Å². The van der Waals surface area contributed by atoms with E-state index < -0.39 is 16.7 Å². The number of thiocarbonyl (C=S) groups is 1. The summed E-state index contributed by atoms with van der Waals surface area (Å²) in [7, 11) is 0. The van der Waals surface area contributed by atoms with Crippen molar-refractivity contribution in [1.29, 1.82) is 0 Å². The Kier molecular flexibility index (Phi) is 5.48. The standard InChI is InChI=1S/C19H10ClN3O4S3/c20-10-1-3-11(4-2-10)22-17(25)14(16(24)21-19(22)28)9-15-12(5-7-29-15)13-6-8-30-18(13)23(26)27/h1-9H,(H,21,24,28). The Morgan fingerprint density at radius 2 is 1.73 bits per heavy atom. The first kappa shape index (κ1) is 20.4. The molecule has 1 aromatic carbocycles. The minimum absolute atomic E-state index is 0.00330. The lowest BCUT2D eigenvalue weighted by molar-refractivity contribution is -0.379. The molecule has 0 saturated carbocycles. The zero-order valence-electron chi connectivity index (χ0n) is 14.8. The summed E-state index contributed by atoms with van der Waals surface area (Å²) in [5.41, 5.74) is 1.35. The lowest BCUT2D eigenvalue weighted by atomic mass is 10.1. The molecule has 0 radical (unpaired) electrons. The molecule has 0 unspecified atom stereocenters. The van der Waals surface area contributed by atoms with E-state index in [1.807, 2.05) is 0 Å². The smallest absolute Gasteiger partial charge is 0.298 e. The highest BCUT2D eigenvalue weighted by Crippen LogP contribution is 2.39. The molecule has 1 aliphatic heterocycles. The molecule has 3 heterocycles. The van der Waals surface area contributed by atoms with E-state index in [0.29, 0.717) is 26.7 Å². The van der Waals surface area contributed by atoms with Gasteiger partial charge in [-0.05, 0) is 65.5 Å². The second kappa shape index (κ2) is 8.07. The molecular weight excluding hydrogens is 466 g/mol. The van der Waals surface area contributed by atoms with E-state index >= 15 is 0 Å². The van der Waals surface area contributed by atoms with Gasteiger partial charge in [0, 0.05) is 15.5 Å². The number of hydrogen-bond donors (Lipinski definition) is 1. The normalized spacial score (nSPS) is 15.6. The van der Waals surface area contributed by atoms with Gasteiger partial charge in [-0.2, -0.15) is 0 Å². The molecular formula is C19H10ClN3O4S3. The van der Waals surface area contributed by atoms with Gasteiger partial charge in [0.25, 0.3) is 11.8 Å². The zero-order valence-corrected chi connectivity index (χ0v) is 18.0. The zero-order chi connectivity index (χ0) is 21.4. The molecule has 7 nitrogen and oxygen atoms in total. The third-order valence-electron chi connectivity index (χ3n) is 4.26. The van der Waals surface area contributed by atoms with Crippen molar-refractivity contribution in [2.75, 3.05) is 4.90 Å². The number of nitrogens with one attached hydrogen (secondary N) is 1. The van der Waals surface area contributed by atoms with Crippen LogP contribution in [0, 0.1) is 10.1 Å². The predicted octanol–water partition coefficient (Wildman–Crippen LogP) is 4.87. The highest BCUT2D eigenvalue weighted by Gasteiger charge is 2.35. The quantitative estimate of drug-likeness (QED) is 0.191. The first-order valence-electron chi connectivity index (χ1n) is 8.33. The number of anilines is 1. The maximum atomic E-state index is 13.1. The molecule has 0 aliphatic carbocycles. The van der Waals surface area contributed by atoms with Crippen LogP contribution in [0.4, 0.5) is 10.7 Å². The number of nitrogens with zero attached hydrogens (tertiary/aromatic N) is 2. The Labute approximate surface area is 188 Å². The number of amides is 2. The highest BCUT2D eigenvalue weighted by molar-refractivity contribution is 7.80. The molecule has 4 rings (SSSR count). The molecule has 0 spiro atoms. The summed E-state index contributed by atoms with van der Waals surface area (Å²) in [6.45, 7) is 0. The maximum Gasteiger partial charge on any atom is 0.331 e. The monoisotopic (exact) mass is 475 g/mol. The van der Waals surface area contributed by atoms with E-state index in [2.05, 4.69) is 5.32 Å². The second-order valence-electron chi connectivity index (χ2n) is 6.03. The van der Waals surface area contributed by atoms with E-state index in [0.717, 1.165) is 11.3 Å². The molecule has 2 amide bonds. The van der Waals surface area contributed by atoms with E-state index in [9.17, 15) is 19.7 Å². The number of nitro groups is 1. The van der Waals surface area contributed by atoms with Gasteiger partial charge in [0.05, 0.1) is 16.2 Å². The number of halogens is 1. The molecule has 1 N–H and O–H groups in total. The second-order valence-corrected chi connectivity index (χ2v) is 8.69. The fraction of sp³-hybridized carbons (Fsp3) is 0. The number of hydrogen-bond acceptors (Lipinski definition) is 7. The van der Waals surface area contributed by atoms with Crippen LogP contribution in [0.2, 0.25) is 5.02 Å². The van der Waals surface area contributed by atoms with Gasteiger partial charge in [0.1, 0.15) is 5.57 Å². The van der Waals surface area contributed by atoms with Gasteiger partial charge in [-0.25, -0.2) is 0 Å². The SMILES string of the molecule is O=C1NC(=S)N(c2ccc(Cl)cc2)C(=O)C1=Cc1sccc1-c1ccsc1[N+](=O)[O-]. The lowest BCUT2D eigenvalue weighted by Gasteiger charge is -2.28. The summed E-state index contributed by atoms with van der Waals surface area (Å²) >= 11 is 13.4. The number of benzene rings is 1. The van der Waals surface area contributed by atoms with Crippen molar-refractivity contribution < 1.29 is 14.5 Å². The van der Waals surface area contributed by atoms with Crippen LogP contribution in [-0.4, -0.2) is 21.9 Å². The van der Waals surface area contributed by atoms with Gasteiger partial charge in [-0.3, -0.25) is 29.9 Å². The van der Waals surface area contributed by atoms with E-state index in [1.54, 1.807) is 47.2 Å². The van der Waals surface area contributed by atoms with E-state index in [4.69, 9.17) is 23.8 Å². The van der Waals surface area contributed by atoms with Gasteiger partial charge < -0.3 is 0 Å². The van der Waals surface area contributed by atoms with Crippen LogP contribution in [0.3, 0.4) is 0 Å². The van der Waals surface area contributed by atoms with Gasteiger partial charge in [0.15, 0.2) is 5.11 Å². The molecule has 11 heteroatoms. The molecule has 150 valence electrons. The molecule has 1 saturated heterocycles. The molecule has 30 heavy (non-hydrogen) atoms. The van der Waals surface area contributed by atoms with E-state index in [-0.39, 0.29) is 15.7 Å². The van der Waals surface area contributed by atoms with Crippen LogP contribution in [0.25, 0.3) is 17.2 Å². The van der Waals surface area contributed by atoms with Crippen LogP contribution in [0.1, 0.15) is 4.88 Å². The van der Waals surface area contributed by atoms with Gasteiger partial charge in [-0.1, -0.05) is 22.9 Å². The summed E-state index contributed by atoms with van der Waals surface area (Å²) in [6, 6.07) is 9.82. The summed E-state index contributed by atoms with van der Waals surface area (Å²) in [5.74, 6) is -1.22. The lowest BCUT2D eigenvalue weighted by Crippen LogP contribution is -2.54. The summed E-state index contributed by atoms with van der Waals surface area (Å²) in [5, 5.41) is 17.6. The molecule has 0 bridgehead atoms. The van der Waals surface area contributed by atoms with Crippen LogP contribution in [0.15, 0.2) is 52.7 Å². The van der Waals surface area contributed by atoms with Crippen LogP contribution >= 0.6 is 46.5 Å². The van der Waals surface area contributed by atoms with Gasteiger partial charge in [-0.15, -0.1) is 11.3 Å². The third kappa shape index (κ3) is 3.65. The number of carbonyl (C=O) groups is 2. The first-order chi connectivity index (χ1) is 14.4. The van der Waals surface area contributed by atoms with Crippen LogP contribution < -0.4 is 10.2 Å². The minimum Gasteiger partial charge on any atom is -0.298 e. The average Bonchev–Trinajstić information content (AvgIpc) is 3.35. The molecule has 1 aliphatic rings. The number of carbonyl (C=O) groups excluding carboxylic acids is 2. The number of rotatable bonds is 4. The number of thiophene rings is 2. The van der Waals surface area contributed by atoms with Crippen LogP contribution in [-0.2, 0) is 9.59 Å². The summed E-state index contributed by atoms with van der Waals surface area (Å²) in [4.78, 5) is 38.2. The summed E-state index contributed by atoms with van der Waals surface area (Å²) in [6.07, 6.45) is 1.43. The topological polar surface area (TPSA) is 92.6 Å². The van der Waals surface area contributed by atoms with Crippen molar-refractivity contribution in [1.82, 2.24) is 5.32 Å². The third-order valence-corrected chi connectivity index (χ3v) is 6.52. The Morgan fingerprint density at radius 1 is 1.07 bits per heavy atom. The van der Waals surface area contributed by atoms with Crippen molar-refractivity contribution in [3.8, 4) is 11.1 Å². The van der Waals surface area contributed by atoms with Crippen molar-refractivity contribution in [3.63, 3.8) is 0 Å². The van der Waals surface area contributed by atoms with Gasteiger partial charge >= 0.3 is 5.00 Å². The summed E-state index contributed by atoms with van der Waals surface area (Å²) < 4.78 is 0. The molecule has 0 atom stereocenters. The van der Waals surface area contributed by atoms with Crippen molar-refractivity contribution in [3.05, 3.63) is 72.7 Å². The van der Waals surface area contributed by atoms with E-state index in [1.165, 1.54) is 22.3 Å². The molecule has 1 fully saturated rings. The fourth-order valence-corrected chi connectivity index (χ4v) is 4.89. The Morgan fingerprint density at radius 3 is 2.43 bits per heavy atom.